The van der Waals surface area contributed by atoms with E-state index in [1.165, 1.54) is 0 Å². The number of carbonyl (C=O) groups is 1. The summed E-state index contributed by atoms with van der Waals surface area (Å²) in [6, 6.07) is 21.5. The first kappa shape index (κ1) is 26.4. The molecule has 3 aromatic rings. The Morgan fingerprint density at radius 1 is 0.886 bits per heavy atom. The summed E-state index contributed by atoms with van der Waals surface area (Å²) in [7, 11) is -3.55. The summed E-state index contributed by atoms with van der Waals surface area (Å²) in [5, 5.41) is 9.06. The van der Waals surface area contributed by atoms with E-state index in [1.54, 1.807) is 48.2 Å². The lowest BCUT2D eigenvalue weighted by Gasteiger charge is -2.14. The molecule has 3 aromatic carbocycles. The first-order valence-corrected chi connectivity index (χ1v) is 13.9. The van der Waals surface area contributed by atoms with Crippen molar-refractivity contribution in [3.8, 4) is 17.2 Å². The number of aromatic hydroxyl groups is 1. The Balaban J connectivity index is 1.43. The van der Waals surface area contributed by atoms with Gasteiger partial charge in [0.05, 0.1) is 18.1 Å². The van der Waals surface area contributed by atoms with Crippen molar-refractivity contribution < 1.29 is 27.2 Å². The van der Waals surface area contributed by atoms with Gasteiger partial charge >= 0.3 is 10.1 Å². The maximum Gasteiger partial charge on any atom is 0.306 e. The number of phenolic OH excluding ortho intramolecular Hbond substituents is 1. The van der Waals surface area contributed by atoms with Crippen LogP contribution in [0.4, 0.5) is 0 Å². The Morgan fingerprint density at radius 3 is 2.03 bits per heavy atom. The quantitative estimate of drug-likeness (QED) is 0.333. The van der Waals surface area contributed by atoms with E-state index in [0.717, 1.165) is 35.1 Å². The highest BCUT2D eigenvalue weighted by Gasteiger charge is 2.16. The first-order valence-electron chi connectivity index (χ1n) is 11.1. The lowest BCUT2D eigenvalue weighted by atomic mass is 10.1. The van der Waals surface area contributed by atoms with Crippen LogP contribution in [-0.2, 0) is 34.2 Å². The molecule has 1 atom stereocenters. The molecule has 1 unspecified atom stereocenters. The van der Waals surface area contributed by atoms with Gasteiger partial charge in [-0.1, -0.05) is 36.4 Å². The average Bonchev–Trinajstić information content (AvgIpc) is 2.81. The number of ether oxygens (including phenoxy) is 1. The van der Waals surface area contributed by atoms with E-state index in [2.05, 4.69) is 0 Å². The molecule has 9 heteroatoms. The minimum absolute atomic E-state index is 0.238. The van der Waals surface area contributed by atoms with Crippen molar-refractivity contribution >= 4 is 27.8 Å². The minimum atomic E-state index is -3.55. The number of amides is 1. The standard InChI is InChI=1S/C26H29NO6S2/c1-35(30,31)33-24-12-10-23(11-13-24)32-16-14-19-2-4-21(5-3-19)18-25(26(27)29)34-17-15-20-6-8-22(28)9-7-20/h2-13,25,28H,14-18H2,1H3,(H2,27,29). The fraction of sp³-hybridized carbons (Fsp3) is 0.269. The van der Waals surface area contributed by atoms with Crippen LogP contribution in [0.3, 0.4) is 0 Å². The number of nitrogens with two attached hydrogens (primary N) is 1. The second-order valence-corrected chi connectivity index (χ2v) is 10.9. The SMILES string of the molecule is CS(=O)(=O)Oc1ccc(OCCc2ccc(CC(SCCc3ccc(O)cc3)C(N)=O)cc2)cc1. The molecular formula is C26H29NO6S2. The van der Waals surface area contributed by atoms with Crippen LogP contribution in [0.25, 0.3) is 0 Å². The lowest BCUT2D eigenvalue weighted by molar-refractivity contribution is -0.117. The summed E-state index contributed by atoms with van der Waals surface area (Å²) in [5.74, 6) is 1.53. The summed E-state index contributed by atoms with van der Waals surface area (Å²) >= 11 is 1.54. The molecule has 186 valence electrons. The smallest absolute Gasteiger partial charge is 0.306 e. The highest BCUT2D eigenvalue weighted by molar-refractivity contribution is 8.00. The zero-order chi connectivity index (χ0) is 25.3. The van der Waals surface area contributed by atoms with Crippen molar-refractivity contribution in [3.05, 3.63) is 89.5 Å². The molecule has 1 amide bonds. The van der Waals surface area contributed by atoms with E-state index in [-0.39, 0.29) is 22.7 Å². The van der Waals surface area contributed by atoms with Gasteiger partial charge in [-0.15, -0.1) is 11.8 Å². The van der Waals surface area contributed by atoms with Gasteiger partial charge in [0.25, 0.3) is 0 Å². The van der Waals surface area contributed by atoms with Crippen molar-refractivity contribution in [1.29, 1.82) is 0 Å². The molecule has 0 fully saturated rings. The number of carbonyl (C=O) groups excluding carboxylic acids is 1. The van der Waals surface area contributed by atoms with Gasteiger partial charge in [0.15, 0.2) is 0 Å². The third-order valence-corrected chi connectivity index (χ3v) is 6.87. The van der Waals surface area contributed by atoms with Crippen LogP contribution in [0.1, 0.15) is 16.7 Å². The van der Waals surface area contributed by atoms with Crippen molar-refractivity contribution in [2.24, 2.45) is 5.73 Å². The molecule has 0 aliphatic rings. The van der Waals surface area contributed by atoms with Gasteiger partial charge in [-0.2, -0.15) is 8.42 Å². The monoisotopic (exact) mass is 515 g/mol. The molecule has 0 saturated carbocycles. The molecule has 0 aliphatic heterocycles. The summed E-state index contributed by atoms with van der Waals surface area (Å²) in [5.41, 5.74) is 8.86. The zero-order valence-electron chi connectivity index (χ0n) is 19.4. The van der Waals surface area contributed by atoms with E-state index in [9.17, 15) is 18.3 Å². The molecule has 3 rings (SSSR count). The topological polar surface area (TPSA) is 116 Å². The molecule has 7 nitrogen and oxygen atoms in total. The molecular weight excluding hydrogens is 486 g/mol. The number of hydrogen-bond donors (Lipinski definition) is 2. The van der Waals surface area contributed by atoms with Gasteiger partial charge in [-0.25, -0.2) is 0 Å². The van der Waals surface area contributed by atoms with Crippen molar-refractivity contribution in [2.75, 3.05) is 18.6 Å². The number of primary amides is 1. The molecule has 35 heavy (non-hydrogen) atoms. The van der Waals surface area contributed by atoms with Gasteiger partial charge in [-0.05, 0) is 71.7 Å². The van der Waals surface area contributed by atoms with Crippen LogP contribution >= 0.6 is 11.8 Å². The molecule has 0 saturated heterocycles. The Morgan fingerprint density at radius 2 is 1.43 bits per heavy atom. The second kappa shape index (κ2) is 12.5. The van der Waals surface area contributed by atoms with Gasteiger partial charge in [0.2, 0.25) is 5.91 Å². The van der Waals surface area contributed by atoms with Crippen LogP contribution in [0.15, 0.2) is 72.8 Å². The van der Waals surface area contributed by atoms with Gasteiger partial charge in [-0.3, -0.25) is 4.79 Å². The summed E-state index contributed by atoms with van der Waals surface area (Å²) in [6.45, 7) is 0.461. The van der Waals surface area contributed by atoms with Crippen LogP contribution < -0.4 is 14.7 Å². The molecule has 0 aliphatic carbocycles. The predicted molar refractivity (Wildman–Crippen MR) is 139 cm³/mol. The van der Waals surface area contributed by atoms with Crippen LogP contribution in [0.2, 0.25) is 0 Å². The number of thioether (sulfide) groups is 1. The highest BCUT2D eigenvalue weighted by Crippen LogP contribution is 2.21. The minimum Gasteiger partial charge on any atom is -0.508 e. The van der Waals surface area contributed by atoms with Crippen molar-refractivity contribution in [1.82, 2.24) is 0 Å². The van der Waals surface area contributed by atoms with Crippen molar-refractivity contribution in [3.63, 3.8) is 0 Å². The van der Waals surface area contributed by atoms with Crippen LogP contribution in [0, 0.1) is 0 Å². The Kier molecular flexibility index (Phi) is 9.45. The Labute approximate surface area is 210 Å². The second-order valence-electron chi connectivity index (χ2n) is 8.06. The average molecular weight is 516 g/mol. The summed E-state index contributed by atoms with van der Waals surface area (Å²) in [4.78, 5) is 11.9. The van der Waals surface area contributed by atoms with Gasteiger partial charge < -0.3 is 19.8 Å². The fourth-order valence-electron chi connectivity index (χ4n) is 3.33. The number of aryl methyl sites for hydroxylation is 1. The zero-order valence-corrected chi connectivity index (χ0v) is 21.1. The summed E-state index contributed by atoms with van der Waals surface area (Å²) < 4.78 is 32.8. The maximum absolute atomic E-state index is 11.9. The van der Waals surface area contributed by atoms with E-state index in [4.69, 9.17) is 14.7 Å². The maximum atomic E-state index is 11.9. The number of benzene rings is 3. The lowest BCUT2D eigenvalue weighted by Crippen LogP contribution is -2.28. The predicted octanol–water partition coefficient (Wildman–Crippen LogP) is 3.72. The first-order chi connectivity index (χ1) is 16.7. The molecule has 0 heterocycles. The molecule has 0 radical (unpaired) electrons. The van der Waals surface area contributed by atoms with E-state index < -0.39 is 10.1 Å². The normalized spacial score (nSPS) is 12.1. The van der Waals surface area contributed by atoms with E-state index in [0.29, 0.717) is 25.2 Å². The number of hydrogen-bond acceptors (Lipinski definition) is 7. The summed E-state index contributed by atoms with van der Waals surface area (Å²) in [6.07, 6.45) is 3.05. The molecule has 3 N–H and O–H groups in total. The number of phenols is 1. The molecule has 0 spiro atoms. The fourth-order valence-corrected chi connectivity index (χ4v) is 4.91. The highest BCUT2D eigenvalue weighted by atomic mass is 32.2. The third kappa shape index (κ3) is 9.54. The van der Waals surface area contributed by atoms with Gasteiger partial charge in [0.1, 0.15) is 17.2 Å². The third-order valence-electron chi connectivity index (χ3n) is 5.14. The molecule has 0 aromatic heterocycles. The van der Waals surface area contributed by atoms with Crippen molar-refractivity contribution in [2.45, 2.75) is 24.5 Å². The largest absolute Gasteiger partial charge is 0.508 e. The Hall–Kier alpha value is -3.17. The number of rotatable bonds is 13. The van der Waals surface area contributed by atoms with E-state index >= 15 is 0 Å². The van der Waals surface area contributed by atoms with E-state index in [1.807, 2.05) is 36.4 Å². The van der Waals surface area contributed by atoms with Crippen LogP contribution in [-0.4, -0.2) is 43.3 Å². The van der Waals surface area contributed by atoms with Gasteiger partial charge in [0, 0.05) is 6.42 Å². The molecule has 0 bridgehead atoms. The Bertz CT molecular complexity index is 1190. The van der Waals surface area contributed by atoms with Crippen LogP contribution in [0.5, 0.6) is 17.2 Å².